The lowest BCUT2D eigenvalue weighted by molar-refractivity contribution is 0.114. The summed E-state index contributed by atoms with van der Waals surface area (Å²) in [6.07, 6.45) is 6.71. The smallest absolute Gasteiger partial charge is 0.0628 e. The number of nitrogens with one attached hydrogen (secondary N) is 1. The molecule has 1 aliphatic carbocycles. The van der Waals surface area contributed by atoms with Crippen LogP contribution >= 0.6 is 0 Å². The molecule has 0 aromatic rings. The molecule has 0 heterocycles. The van der Waals surface area contributed by atoms with Crippen LogP contribution in [0.5, 0.6) is 0 Å². The normalized spacial score (nSPS) is 26.5. The number of hydrogen-bond acceptors (Lipinski definition) is 3. The Labute approximate surface area is 113 Å². The van der Waals surface area contributed by atoms with Gasteiger partial charge in [0.25, 0.3) is 0 Å². The predicted molar refractivity (Wildman–Crippen MR) is 78.0 cm³/mol. The fourth-order valence-corrected chi connectivity index (χ4v) is 2.91. The summed E-state index contributed by atoms with van der Waals surface area (Å²) in [6.45, 7) is 7.60. The summed E-state index contributed by atoms with van der Waals surface area (Å²) in [4.78, 5) is 2.54. The molecular weight excluding hydrogens is 224 g/mol. The molecular formula is C15H32N2O. The van der Waals surface area contributed by atoms with Crippen LogP contribution in [0.4, 0.5) is 0 Å². The van der Waals surface area contributed by atoms with E-state index in [2.05, 4.69) is 31.1 Å². The highest BCUT2D eigenvalue weighted by atomic mass is 16.5. The maximum Gasteiger partial charge on any atom is 0.0628 e. The van der Waals surface area contributed by atoms with Crippen LogP contribution in [-0.4, -0.2) is 50.8 Å². The Morgan fingerprint density at radius 2 is 1.94 bits per heavy atom. The first-order chi connectivity index (χ1) is 8.67. The van der Waals surface area contributed by atoms with Crippen LogP contribution in [0.3, 0.4) is 0 Å². The first-order valence-electron chi connectivity index (χ1n) is 7.59. The molecule has 1 unspecified atom stereocenters. The van der Waals surface area contributed by atoms with Crippen LogP contribution in [0.1, 0.15) is 46.0 Å². The fourth-order valence-electron chi connectivity index (χ4n) is 2.91. The van der Waals surface area contributed by atoms with E-state index < -0.39 is 0 Å². The molecule has 108 valence electrons. The fraction of sp³-hybridized carbons (Fsp3) is 1.00. The Balaban J connectivity index is 2.32. The molecule has 1 aliphatic rings. The van der Waals surface area contributed by atoms with Gasteiger partial charge in [0.05, 0.1) is 6.61 Å². The average molecular weight is 256 g/mol. The number of nitrogens with zero attached hydrogens (tertiary/aromatic N) is 1. The molecule has 18 heavy (non-hydrogen) atoms. The Morgan fingerprint density at radius 1 is 1.28 bits per heavy atom. The third-order valence-corrected chi connectivity index (χ3v) is 4.17. The minimum Gasteiger partial charge on any atom is -0.383 e. The summed E-state index contributed by atoms with van der Waals surface area (Å²) in [7, 11) is 4.07. The first-order valence-corrected chi connectivity index (χ1v) is 7.59. The van der Waals surface area contributed by atoms with Gasteiger partial charge >= 0.3 is 0 Å². The number of methoxy groups -OCH3 is 1. The van der Waals surface area contributed by atoms with E-state index in [1.165, 1.54) is 32.1 Å². The van der Waals surface area contributed by atoms with Crippen LogP contribution in [0.2, 0.25) is 0 Å². The lowest BCUT2D eigenvalue weighted by Gasteiger charge is -2.35. The van der Waals surface area contributed by atoms with Gasteiger partial charge in [0.15, 0.2) is 0 Å². The third-order valence-electron chi connectivity index (χ3n) is 4.17. The van der Waals surface area contributed by atoms with Crippen molar-refractivity contribution in [3.05, 3.63) is 0 Å². The molecule has 1 atom stereocenters. The van der Waals surface area contributed by atoms with Gasteiger partial charge in [-0.15, -0.1) is 0 Å². The van der Waals surface area contributed by atoms with E-state index in [0.29, 0.717) is 6.04 Å². The Hall–Kier alpha value is -0.120. The Morgan fingerprint density at radius 3 is 2.50 bits per heavy atom. The van der Waals surface area contributed by atoms with E-state index >= 15 is 0 Å². The van der Waals surface area contributed by atoms with E-state index in [0.717, 1.165) is 31.7 Å². The molecule has 3 heteroatoms. The molecule has 1 rings (SSSR count). The number of ether oxygens (including phenoxy) is 1. The largest absolute Gasteiger partial charge is 0.383 e. The third kappa shape index (κ3) is 5.68. The van der Waals surface area contributed by atoms with Gasteiger partial charge in [-0.3, -0.25) is 0 Å². The SMILES string of the molecule is CCCNC(COC)CN(C)C1CCC(C)CC1. The summed E-state index contributed by atoms with van der Waals surface area (Å²) in [5.41, 5.74) is 0. The standard InChI is InChI=1S/C15H32N2O/c1-5-10-16-14(12-18-4)11-17(3)15-8-6-13(2)7-9-15/h13-16H,5-12H2,1-4H3. The van der Waals surface area contributed by atoms with Crippen LogP contribution in [0, 0.1) is 5.92 Å². The summed E-state index contributed by atoms with van der Waals surface area (Å²) < 4.78 is 5.32. The maximum absolute atomic E-state index is 5.32. The van der Waals surface area contributed by atoms with Crippen molar-refractivity contribution in [1.82, 2.24) is 10.2 Å². The topological polar surface area (TPSA) is 24.5 Å². The van der Waals surface area contributed by atoms with Gasteiger partial charge in [0.1, 0.15) is 0 Å². The lowest BCUT2D eigenvalue weighted by Crippen LogP contribution is -2.46. The maximum atomic E-state index is 5.32. The van der Waals surface area contributed by atoms with Gasteiger partial charge in [-0.05, 0) is 51.6 Å². The first kappa shape index (κ1) is 15.9. The second-order valence-electron chi connectivity index (χ2n) is 5.96. The zero-order valence-electron chi connectivity index (χ0n) is 12.7. The van der Waals surface area contributed by atoms with Crippen molar-refractivity contribution in [3.63, 3.8) is 0 Å². The van der Waals surface area contributed by atoms with Crippen molar-refractivity contribution in [2.24, 2.45) is 5.92 Å². The van der Waals surface area contributed by atoms with E-state index in [1.807, 2.05) is 0 Å². The number of hydrogen-bond donors (Lipinski definition) is 1. The number of likely N-dealkylation sites (N-methyl/N-ethyl adjacent to an activating group) is 1. The Bertz CT molecular complexity index is 203. The monoisotopic (exact) mass is 256 g/mol. The second kappa shape index (κ2) is 8.89. The average Bonchev–Trinajstić information content (AvgIpc) is 2.37. The van der Waals surface area contributed by atoms with Gasteiger partial charge in [-0.2, -0.15) is 0 Å². The molecule has 0 amide bonds. The van der Waals surface area contributed by atoms with Gasteiger partial charge in [0, 0.05) is 25.7 Å². The molecule has 0 saturated heterocycles. The number of rotatable bonds is 8. The highest BCUT2D eigenvalue weighted by molar-refractivity contribution is 4.79. The summed E-state index contributed by atoms with van der Waals surface area (Å²) in [5, 5.41) is 3.58. The van der Waals surface area contributed by atoms with Crippen molar-refractivity contribution in [1.29, 1.82) is 0 Å². The van der Waals surface area contributed by atoms with E-state index in [-0.39, 0.29) is 0 Å². The molecule has 0 radical (unpaired) electrons. The molecule has 3 nitrogen and oxygen atoms in total. The van der Waals surface area contributed by atoms with Crippen LogP contribution in [0.25, 0.3) is 0 Å². The highest BCUT2D eigenvalue weighted by Gasteiger charge is 2.23. The summed E-state index contributed by atoms with van der Waals surface area (Å²) in [5.74, 6) is 0.933. The Kier molecular flexibility index (Phi) is 7.87. The highest BCUT2D eigenvalue weighted by Crippen LogP contribution is 2.26. The van der Waals surface area contributed by atoms with E-state index in [1.54, 1.807) is 7.11 Å². The summed E-state index contributed by atoms with van der Waals surface area (Å²) >= 11 is 0. The zero-order chi connectivity index (χ0) is 13.4. The molecule has 0 aromatic heterocycles. The van der Waals surface area contributed by atoms with Crippen LogP contribution in [-0.2, 0) is 4.74 Å². The molecule has 0 aliphatic heterocycles. The zero-order valence-corrected chi connectivity index (χ0v) is 12.7. The molecule has 0 spiro atoms. The van der Waals surface area contributed by atoms with Crippen LogP contribution < -0.4 is 5.32 Å². The summed E-state index contributed by atoms with van der Waals surface area (Å²) in [6, 6.07) is 1.25. The van der Waals surface area contributed by atoms with Gasteiger partial charge in [0.2, 0.25) is 0 Å². The quantitative estimate of drug-likeness (QED) is 0.722. The molecule has 0 bridgehead atoms. The van der Waals surface area contributed by atoms with E-state index in [4.69, 9.17) is 4.74 Å². The van der Waals surface area contributed by atoms with Gasteiger partial charge < -0.3 is 15.0 Å². The molecule has 0 aromatic carbocycles. The minimum absolute atomic E-state index is 0.472. The van der Waals surface area contributed by atoms with Crippen molar-refractivity contribution in [2.75, 3.05) is 33.9 Å². The lowest BCUT2D eigenvalue weighted by atomic mass is 9.86. The van der Waals surface area contributed by atoms with Gasteiger partial charge in [-0.25, -0.2) is 0 Å². The molecule has 1 fully saturated rings. The second-order valence-corrected chi connectivity index (χ2v) is 5.96. The van der Waals surface area contributed by atoms with Gasteiger partial charge in [-0.1, -0.05) is 13.8 Å². The molecule has 1 saturated carbocycles. The predicted octanol–water partition coefficient (Wildman–Crippen LogP) is 2.51. The molecule has 1 N–H and O–H groups in total. The van der Waals surface area contributed by atoms with E-state index in [9.17, 15) is 0 Å². The minimum atomic E-state index is 0.472. The van der Waals surface area contributed by atoms with Crippen molar-refractivity contribution in [2.45, 2.75) is 58.0 Å². The van der Waals surface area contributed by atoms with Crippen molar-refractivity contribution < 1.29 is 4.74 Å². The van der Waals surface area contributed by atoms with Crippen molar-refractivity contribution in [3.8, 4) is 0 Å². The van der Waals surface area contributed by atoms with Crippen molar-refractivity contribution >= 4 is 0 Å². The van der Waals surface area contributed by atoms with Crippen LogP contribution in [0.15, 0.2) is 0 Å².